The highest BCUT2D eigenvalue weighted by molar-refractivity contribution is 7.09. The smallest absolute Gasteiger partial charge is 0.220 e. The van der Waals surface area contributed by atoms with Crippen LogP contribution in [0, 0.1) is 0 Å². The Kier molecular flexibility index (Phi) is 3.66. The number of carbonyl (C=O) groups excluding carboxylic acids is 1. The van der Waals surface area contributed by atoms with Crippen molar-refractivity contribution in [2.45, 2.75) is 19.4 Å². The fraction of sp³-hybridized carbons (Fsp3) is 0.300. The molecular weight excluding hydrogens is 224 g/mol. The molecule has 1 amide bonds. The molecule has 0 saturated heterocycles. The van der Waals surface area contributed by atoms with Gasteiger partial charge in [0.15, 0.2) is 0 Å². The van der Waals surface area contributed by atoms with Gasteiger partial charge in [-0.3, -0.25) is 4.79 Å². The Morgan fingerprint density at radius 1 is 1.56 bits per heavy atom. The summed E-state index contributed by atoms with van der Waals surface area (Å²) in [6, 6.07) is 4.03. The minimum Gasteiger partial charge on any atom is -0.350 e. The maximum Gasteiger partial charge on any atom is 0.220 e. The van der Waals surface area contributed by atoms with Crippen molar-refractivity contribution in [1.29, 1.82) is 0 Å². The van der Waals surface area contributed by atoms with E-state index in [2.05, 4.69) is 20.7 Å². The molecule has 16 heavy (non-hydrogen) atoms. The Bertz CT molecular complexity index is 383. The number of nitrogens with zero attached hydrogens (tertiary/aromatic N) is 2. The molecule has 0 atom stereocenters. The molecule has 2 aromatic rings. The van der Waals surface area contributed by atoms with Crippen molar-refractivity contribution in [3.8, 4) is 0 Å². The summed E-state index contributed by atoms with van der Waals surface area (Å²) < 4.78 is 0. The number of thiophene rings is 1. The average molecular weight is 236 g/mol. The number of aromatic amines is 1. The molecule has 2 N–H and O–H groups in total. The van der Waals surface area contributed by atoms with Gasteiger partial charge in [0.05, 0.1) is 12.7 Å². The van der Waals surface area contributed by atoms with E-state index in [4.69, 9.17) is 0 Å². The number of carbonyl (C=O) groups is 1. The second-order valence-corrected chi connectivity index (χ2v) is 4.35. The third kappa shape index (κ3) is 3.16. The molecule has 6 heteroatoms. The van der Waals surface area contributed by atoms with Crippen molar-refractivity contribution in [2.75, 3.05) is 0 Å². The summed E-state index contributed by atoms with van der Waals surface area (Å²) in [5.41, 5.74) is 0.740. The molecule has 0 aliphatic carbocycles. The maximum atomic E-state index is 11.5. The molecule has 0 radical (unpaired) electrons. The van der Waals surface area contributed by atoms with E-state index in [1.54, 1.807) is 17.5 Å². The van der Waals surface area contributed by atoms with Crippen LogP contribution in [0.25, 0.3) is 0 Å². The van der Waals surface area contributed by atoms with E-state index in [0.717, 1.165) is 12.1 Å². The summed E-state index contributed by atoms with van der Waals surface area (Å²) in [4.78, 5) is 12.7. The predicted molar refractivity (Wildman–Crippen MR) is 60.9 cm³/mol. The number of aromatic nitrogens is 3. The highest BCUT2D eigenvalue weighted by atomic mass is 32.1. The summed E-state index contributed by atoms with van der Waals surface area (Å²) in [5.74, 6) is 0.0383. The van der Waals surface area contributed by atoms with Gasteiger partial charge in [0.1, 0.15) is 5.69 Å². The van der Waals surface area contributed by atoms with Crippen molar-refractivity contribution in [3.05, 3.63) is 34.3 Å². The highest BCUT2D eigenvalue weighted by Crippen LogP contribution is 2.10. The number of amides is 1. The van der Waals surface area contributed by atoms with Crippen LogP contribution in [-0.4, -0.2) is 21.3 Å². The van der Waals surface area contributed by atoms with Crippen LogP contribution in [0.15, 0.2) is 23.7 Å². The van der Waals surface area contributed by atoms with E-state index in [1.807, 2.05) is 17.5 Å². The van der Waals surface area contributed by atoms with Gasteiger partial charge in [-0.15, -0.1) is 11.3 Å². The zero-order valence-corrected chi connectivity index (χ0v) is 9.46. The van der Waals surface area contributed by atoms with Gasteiger partial charge in [0, 0.05) is 11.3 Å². The van der Waals surface area contributed by atoms with Gasteiger partial charge in [-0.2, -0.15) is 15.4 Å². The number of hydrogen-bond acceptors (Lipinski definition) is 4. The lowest BCUT2D eigenvalue weighted by atomic mass is 10.2. The van der Waals surface area contributed by atoms with Crippen molar-refractivity contribution >= 4 is 17.2 Å². The molecule has 2 heterocycles. The van der Waals surface area contributed by atoms with E-state index in [1.165, 1.54) is 4.88 Å². The number of H-pyrrole nitrogens is 1. The molecule has 2 aromatic heterocycles. The van der Waals surface area contributed by atoms with Crippen molar-refractivity contribution in [1.82, 2.24) is 20.7 Å². The third-order valence-electron chi connectivity index (χ3n) is 2.11. The molecule has 0 bridgehead atoms. The van der Waals surface area contributed by atoms with Gasteiger partial charge in [-0.25, -0.2) is 0 Å². The highest BCUT2D eigenvalue weighted by Gasteiger charge is 2.03. The zero-order valence-electron chi connectivity index (χ0n) is 8.64. The number of nitrogens with one attached hydrogen (secondary N) is 2. The first-order valence-electron chi connectivity index (χ1n) is 4.98. The van der Waals surface area contributed by atoms with Gasteiger partial charge >= 0.3 is 0 Å². The lowest BCUT2D eigenvalue weighted by molar-refractivity contribution is -0.121. The molecule has 0 aliphatic heterocycles. The van der Waals surface area contributed by atoms with Crippen LogP contribution in [0.5, 0.6) is 0 Å². The molecule has 0 aliphatic rings. The molecule has 0 saturated carbocycles. The van der Waals surface area contributed by atoms with Gasteiger partial charge < -0.3 is 5.32 Å². The van der Waals surface area contributed by atoms with Crippen LogP contribution in [0.3, 0.4) is 0 Å². The van der Waals surface area contributed by atoms with Crippen LogP contribution in [0.1, 0.15) is 17.0 Å². The van der Waals surface area contributed by atoms with Gasteiger partial charge in [-0.1, -0.05) is 6.07 Å². The molecule has 2 rings (SSSR count). The summed E-state index contributed by atoms with van der Waals surface area (Å²) in [6.45, 7) is 0.430. The fourth-order valence-electron chi connectivity index (χ4n) is 1.28. The summed E-state index contributed by atoms with van der Waals surface area (Å²) in [7, 11) is 0. The second kappa shape index (κ2) is 5.41. The minimum atomic E-state index is 0.0383. The van der Waals surface area contributed by atoms with Crippen LogP contribution < -0.4 is 5.32 Å². The molecule has 84 valence electrons. The fourth-order valence-corrected chi connectivity index (χ4v) is 1.99. The molecular formula is C10H12N4OS. The van der Waals surface area contributed by atoms with Crippen molar-refractivity contribution in [3.63, 3.8) is 0 Å². The lowest BCUT2D eigenvalue weighted by Gasteiger charge is -2.01. The number of aryl methyl sites for hydroxylation is 1. The molecule has 0 fully saturated rings. The minimum absolute atomic E-state index is 0.0383. The quantitative estimate of drug-likeness (QED) is 0.817. The van der Waals surface area contributed by atoms with E-state index in [-0.39, 0.29) is 5.91 Å². The molecule has 0 spiro atoms. The van der Waals surface area contributed by atoms with Crippen LogP contribution in [0.2, 0.25) is 0 Å². The van der Waals surface area contributed by atoms with Crippen LogP contribution in [-0.2, 0) is 17.8 Å². The van der Waals surface area contributed by atoms with E-state index >= 15 is 0 Å². The lowest BCUT2D eigenvalue weighted by Crippen LogP contribution is -2.23. The summed E-state index contributed by atoms with van der Waals surface area (Å²) >= 11 is 1.67. The van der Waals surface area contributed by atoms with Gasteiger partial charge in [0.2, 0.25) is 5.91 Å². The first-order valence-corrected chi connectivity index (χ1v) is 5.86. The van der Waals surface area contributed by atoms with Crippen molar-refractivity contribution < 1.29 is 4.79 Å². The van der Waals surface area contributed by atoms with Gasteiger partial charge in [-0.05, 0) is 17.9 Å². The Labute approximate surface area is 96.9 Å². The van der Waals surface area contributed by atoms with Crippen molar-refractivity contribution in [2.24, 2.45) is 0 Å². The topological polar surface area (TPSA) is 70.7 Å². The van der Waals surface area contributed by atoms with E-state index < -0.39 is 0 Å². The average Bonchev–Trinajstić information content (AvgIpc) is 2.96. The Balaban J connectivity index is 1.69. The van der Waals surface area contributed by atoms with Crippen LogP contribution in [0.4, 0.5) is 0 Å². The Hall–Kier alpha value is -1.69. The normalized spacial score (nSPS) is 10.2. The Morgan fingerprint density at radius 3 is 3.19 bits per heavy atom. The number of rotatable bonds is 5. The summed E-state index contributed by atoms with van der Waals surface area (Å²) in [5, 5.41) is 14.8. The molecule has 0 aromatic carbocycles. The zero-order chi connectivity index (χ0) is 11.2. The predicted octanol–water partition coefficient (Wildman–Crippen LogP) is 1.12. The summed E-state index contributed by atoms with van der Waals surface area (Å²) in [6.07, 6.45) is 2.90. The molecule has 0 unspecified atom stereocenters. The maximum absolute atomic E-state index is 11.5. The number of hydrogen-bond donors (Lipinski definition) is 2. The third-order valence-corrected chi connectivity index (χ3v) is 3.05. The molecule has 5 nitrogen and oxygen atoms in total. The first kappa shape index (κ1) is 10.8. The second-order valence-electron chi connectivity index (χ2n) is 3.32. The van der Waals surface area contributed by atoms with Gasteiger partial charge in [0.25, 0.3) is 0 Å². The van der Waals surface area contributed by atoms with E-state index in [9.17, 15) is 4.79 Å². The monoisotopic (exact) mass is 236 g/mol. The first-order chi connectivity index (χ1) is 7.84. The standard InChI is InChI=1S/C10H12N4OS/c15-10(4-3-9-2-1-5-16-9)11-6-8-7-12-14-13-8/h1-2,5,7H,3-4,6H2,(H,11,15)(H,12,13,14). The largest absolute Gasteiger partial charge is 0.350 e. The SMILES string of the molecule is O=C(CCc1cccs1)NCc1cn[nH]n1. The van der Waals surface area contributed by atoms with E-state index in [0.29, 0.717) is 13.0 Å². The Morgan fingerprint density at radius 2 is 2.50 bits per heavy atom. The van der Waals surface area contributed by atoms with Crippen LogP contribution >= 0.6 is 11.3 Å².